The van der Waals surface area contributed by atoms with Crippen molar-refractivity contribution in [2.24, 2.45) is 0 Å². The number of anilines is 1. The standard InChI is InChI=1S/C18H17ClN2O2S/c1-22-16-9-14(11-21-18-20-7-8-24-18)15(19)10-17(16)23-12-13-5-3-2-4-6-13/h2-10H,11-12H2,1H3,(H,20,21). The highest BCUT2D eigenvalue weighted by molar-refractivity contribution is 7.13. The van der Waals surface area contributed by atoms with E-state index in [2.05, 4.69) is 10.3 Å². The van der Waals surface area contributed by atoms with Gasteiger partial charge in [-0.25, -0.2) is 4.98 Å². The first kappa shape index (κ1) is 16.6. The van der Waals surface area contributed by atoms with Crippen LogP contribution in [0.4, 0.5) is 5.13 Å². The van der Waals surface area contributed by atoms with Gasteiger partial charge in [0.15, 0.2) is 16.6 Å². The minimum atomic E-state index is 0.463. The van der Waals surface area contributed by atoms with E-state index in [4.69, 9.17) is 21.1 Å². The molecule has 0 spiro atoms. The van der Waals surface area contributed by atoms with Crippen molar-refractivity contribution >= 4 is 28.1 Å². The Bertz CT molecular complexity index is 779. The van der Waals surface area contributed by atoms with Gasteiger partial charge in [-0.2, -0.15) is 0 Å². The molecule has 0 aliphatic carbocycles. The van der Waals surface area contributed by atoms with Crippen LogP contribution in [0.2, 0.25) is 5.02 Å². The van der Waals surface area contributed by atoms with Crippen molar-refractivity contribution in [2.45, 2.75) is 13.2 Å². The number of halogens is 1. The summed E-state index contributed by atoms with van der Waals surface area (Å²) in [6.07, 6.45) is 1.76. The van der Waals surface area contributed by atoms with Crippen LogP contribution in [0.25, 0.3) is 0 Å². The normalized spacial score (nSPS) is 10.4. The average molecular weight is 361 g/mol. The zero-order valence-electron chi connectivity index (χ0n) is 13.2. The lowest BCUT2D eigenvalue weighted by Gasteiger charge is -2.14. The van der Waals surface area contributed by atoms with E-state index >= 15 is 0 Å². The van der Waals surface area contributed by atoms with Crippen molar-refractivity contribution in [3.05, 3.63) is 70.2 Å². The fourth-order valence-electron chi connectivity index (χ4n) is 2.20. The number of ether oxygens (including phenoxy) is 2. The van der Waals surface area contributed by atoms with Gasteiger partial charge in [-0.3, -0.25) is 0 Å². The van der Waals surface area contributed by atoms with Crippen LogP contribution in [0.1, 0.15) is 11.1 Å². The van der Waals surface area contributed by atoms with Crippen molar-refractivity contribution in [1.82, 2.24) is 4.98 Å². The SMILES string of the molecule is COc1cc(CNc2nccs2)c(Cl)cc1OCc1ccccc1. The van der Waals surface area contributed by atoms with Crippen LogP contribution in [0.5, 0.6) is 11.5 Å². The first-order chi connectivity index (χ1) is 11.8. The van der Waals surface area contributed by atoms with Gasteiger partial charge in [-0.15, -0.1) is 11.3 Å². The number of aromatic nitrogens is 1. The van der Waals surface area contributed by atoms with Crippen molar-refractivity contribution in [3.8, 4) is 11.5 Å². The summed E-state index contributed by atoms with van der Waals surface area (Å²) in [5.41, 5.74) is 2.01. The highest BCUT2D eigenvalue weighted by Crippen LogP contribution is 2.34. The second kappa shape index (κ2) is 8.04. The zero-order valence-corrected chi connectivity index (χ0v) is 14.7. The summed E-state index contributed by atoms with van der Waals surface area (Å²) >= 11 is 7.93. The molecule has 0 radical (unpaired) electrons. The van der Waals surface area contributed by atoms with Crippen LogP contribution in [0.3, 0.4) is 0 Å². The summed E-state index contributed by atoms with van der Waals surface area (Å²) in [6.45, 7) is 1.03. The summed E-state index contributed by atoms with van der Waals surface area (Å²) in [6, 6.07) is 13.7. The fraction of sp³-hybridized carbons (Fsp3) is 0.167. The number of thiazole rings is 1. The summed E-state index contributed by atoms with van der Waals surface area (Å²) < 4.78 is 11.3. The molecule has 1 heterocycles. The van der Waals surface area contributed by atoms with Crippen molar-refractivity contribution in [3.63, 3.8) is 0 Å². The largest absolute Gasteiger partial charge is 0.493 e. The van der Waals surface area contributed by atoms with Gasteiger partial charge >= 0.3 is 0 Å². The van der Waals surface area contributed by atoms with Gasteiger partial charge in [0.1, 0.15) is 6.61 Å². The Morgan fingerprint density at radius 2 is 2.00 bits per heavy atom. The van der Waals surface area contributed by atoms with Gasteiger partial charge in [0.25, 0.3) is 0 Å². The lowest BCUT2D eigenvalue weighted by Crippen LogP contribution is -2.02. The monoisotopic (exact) mass is 360 g/mol. The summed E-state index contributed by atoms with van der Waals surface area (Å²) in [5, 5.41) is 6.64. The van der Waals surface area contributed by atoms with Crippen molar-refractivity contribution in [1.29, 1.82) is 0 Å². The lowest BCUT2D eigenvalue weighted by atomic mass is 10.2. The number of benzene rings is 2. The predicted octanol–water partition coefficient (Wildman–Crippen LogP) is 5.00. The van der Waals surface area contributed by atoms with Crippen LogP contribution in [-0.4, -0.2) is 12.1 Å². The smallest absolute Gasteiger partial charge is 0.182 e. The second-order valence-electron chi connectivity index (χ2n) is 5.06. The van der Waals surface area contributed by atoms with E-state index in [1.807, 2.05) is 41.8 Å². The molecule has 124 valence electrons. The van der Waals surface area contributed by atoms with E-state index in [-0.39, 0.29) is 0 Å². The summed E-state index contributed by atoms with van der Waals surface area (Å²) in [7, 11) is 1.62. The van der Waals surface area contributed by atoms with E-state index in [0.29, 0.717) is 29.7 Å². The number of hydrogen-bond acceptors (Lipinski definition) is 5. The maximum Gasteiger partial charge on any atom is 0.182 e. The Labute approximate surface area is 150 Å². The Morgan fingerprint density at radius 1 is 1.17 bits per heavy atom. The van der Waals surface area contributed by atoms with E-state index in [0.717, 1.165) is 16.3 Å². The van der Waals surface area contributed by atoms with Crippen molar-refractivity contribution in [2.75, 3.05) is 12.4 Å². The zero-order chi connectivity index (χ0) is 16.8. The van der Waals surface area contributed by atoms with Gasteiger partial charge in [0.2, 0.25) is 0 Å². The molecular formula is C18H17ClN2O2S. The summed E-state index contributed by atoms with van der Waals surface area (Å²) in [4.78, 5) is 4.19. The quantitative estimate of drug-likeness (QED) is 0.644. The molecular weight excluding hydrogens is 344 g/mol. The molecule has 0 unspecified atom stereocenters. The third kappa shape index (κ3) is 4.19. The molecule has 0 aliphatic rings. The first-order valence-corrected chi connectivity index (χ1v) is 8.68. The van der Waals surface area contributed by atoms with Crippen LogP contribution in [0.15, 0.2) is 54.0 Å². The van der Waals surface area contributed by atoms with Crippen molar-refractivity contribution < 1.29 is 9.47 Å². The maximum atomic E-state index is 6.39. The van der Waals surface area contributed by atoms with E-state index in [1.165, 1.54) is 0 Å². The number of methoxy groups -OCH3 is 1. The molecule has 0 amide bonds. The molecule has 0 fully saturated rings. The van der Waals surface area contributed by atoms with Gasteiger partial charge in [-0.1, -0.05) is 41.9 Å². The number of rotatable bonds is 7. The molecule has 4 nitrogen and oxygen atoms in total. The predicted molar refractivity (Wildman–Crippen MR) is 98.2 cm³/mol. The van der Waals surface area contributed by atoms with E-state index in [9.17, 15) is 0 Å². The molecule has 0 saturated carbocycles. The highest BCUT2D eigenvalue weighted by atomic mass is 35.5. The number of nitrogens with one attached hydrogen (secondary N) is 1. The number of hydrogen-bond donors (Lipinski definition) is 1. The van der Waals surface area contributed by atoms with Crippen LogP contribution in [0, 0.1) is 0 Å². The van der Waals surface area contributed by atoms with Crippen LogP contribution >= 0.6 is 22.9 Å². The molecule has 3 aromatic rings. The second-order valence-corrected chi connectivity index (χ2v) is 6.36. The summed E-state index contributed by atoms with van der Waals surface area (Å²) in [5.74, 6) is 1.29. The minimum Gasteiger partial charge on any atom is -0.493 e. The molecule has 6 heteroatoms. The molecule has 0 saturated heterocycles. The van der Waals surface area contributed by atoms with Gasteiger partial charge in [0.05, 0.1) is 7.11 Å². The first-order valence-electron chi connectivity index (χ1n) is 7.43. The highest BCUT2D eigenvalue weighted by Gasteiger charge is 2.11. The molecule has 0 atom stereocenters. The molecule has 0 aliphatic heterocycles. The molecule has 2 aromatic carbocycles. The van der Waals surface area contributed by atoms with E-state index < -0.39 is 0 Å². The molecule has 1 aromatic heterocycles. The third-order valence-corrected chi connectivity index (χ3v) is 4.51. The topological polar surface area (TPSA) is 43.4 Å². The Balaban J connectivity index is 1.72. The fourth-order valence-corrected chi connectivity index (χ4v) is 2.95. The lowest BCUT2D eigenvalue weighted by molar-refractivity contribution is 0.284. The third-order valence-electron chi connectivity index (χ3n) is 3.43. The van der Waals surface area contributed by atoms with Gasteiger partial charge in [0, 0.05) is 29.2 Å². The Morgan fingerprint density at radius 3 is 2.71 bits per heavy atom. The number of nitrogens with zero attached hydrogens (tertiary/aromatic N) is 1. The Hall–Kier alpha value is -2.24. The average Bonchev–Trinajstić information content (AvgIpc) is 3.13. The maximum absolute atomic E-state index is 6.39. The minimum absolute atomic E-state index is 0.463. The molecule has 0 bridgehead atoms. The van der Waals surface area contributed by atoms with E-state index in [1.54, 1.807) is 30.7 Å². The Kier molecular flexibility index (Phi) is 5.56. The van der Waals surface area contributed by atoms with Gasteiger partial charge < -0.3 is 14.8 Å². The molecule has 3 rings (SSSR count). The van der Waals surface area contributed by atoms with Crippen LogP contribution < -0.4 is 14.8 Å². The molecule has 1 N–H and O–H groups in total. The van der Waals surface area contributed by atoms with Crippen LogP contribution in [-0.2, 0) is 13.2 Å². The molecule has 24 heavy (non-hydrogen) atoms. The van der Waals surface area contributed by atoms with Gasteiger partial charge in [-0.05, 0) is 17.2 Å².